The van der Waals surface area contributed by atoms with E-state index in [4.69, 9.17) is 9.47 Å². The van der Waals surface area contributed by atoms with Crippen molar-refractivity contribution in [3.63, 3.8) is 0 Å². The number of fused-ring (bicyclic) bond motifs is 1. The predicted molar refractivity (Wildman–Crippen MR) is 148 cm³/mol. The number of ether oxygens (including phenoxy) is 2. The second-order valence-corrected chi connectivity index (χ2v) is 9.50. The van der Waals surface area contributed by atoms with Crippen LogP contribution in [-0.4, -0.2) is 29.5 Å². The van der Waals surface area contributed by atoms with E-state index in [0.717, 1.165) is 34.0 Å². The summed E-state index contributed by atoms with van der Waals surface area (Å²) >= 11 is 0. The maximum Gasteiger partial charge on any atom is 0.416 e. The SMILES string of the molecule is CCOC(=O)c1ccc([C@H](C)n2nc(-c3cc(C(F)(F)F)ccc3F)cc2-c2ccc3cc(OC)ccc3c2)cc1. The molecule has 1 aromatic heterocycles. The monoisotopic (exact) mass is 562 g/mol. The summed E-state index contributed by atoms with van der Waals surface area (Å²) in [7, 11) is 1.59. The lowest BCUT2D eigenvalue weighted by molar-refractivity contribution is -0.137. The van der Waals surface area contributed by atoms with Crippen LogP contribution in [0.4, 0.5) is 17.6 Å². The first-order valence-electron chi connectivity index (χ1n) is 12.9. The molecule has 0 fully saturated rings. The number of halogens is 4. The molecule has 0 bridgehead atoms. The van der Waals surface area contributed by atoms with E-state index in [1.807, 2.05) is 43.3 Å². The molecule has 5 rings (SSSR count). The van der Waals surface area contributed by atoms with Crippen molar-refractivity contribution in [2.75, 3.05) is 13.7 Å². The Kier molecular flexibility index (Phi) is 7.53. The summed E-state index contributed by atoms with van der Waals surface area (Å²) < 4.78 is 67.3. The number of alkyl halides is 3. The second-order valence-electron chi connectivity index (χ2n) is 9.50. The third-order valence-electron chi connectivity index (χ3n) is 6.92. The average Bonchev–Trinajstić information content (AvgIpc) is 3.41. The molecule has 1 heterocycles. The van der Waals surface area contributed by atoms with E-state index in [-0.39, 0.29) is 17.9 Å². The van der Waals surface area contributed by atoms with E-state index in [1.165, 1.54) is 0 Å². The number of nitrogens with zero attached hydrogens (tertiary/aromatic N) is 2. The zero-order chi connectivity index (χ0) is 29.3. The first kappa shape index (κ1) is 27.9. The van der Waals surface area contributed by atoms with Gasteiger partial charge in [0, 0.05) is 11.1 Å². The van der Waals surface area contributed by atoms with Crippen LogP contribution in [0.25, 0.3) is 33.3 Å². The highest BCUT2D eigenvalue weighted by Crippen LogP contribution is 2.37. The molecule has 0 saturated heterocycles. The van der Waals surface area contributed by atoms with Gasteiger partial charge in [-0.15, -0.1) is 0 Å². The Morgan fingerprint density at radius 2 is 1.63 bits per heavy atom. The molecule has 0 N–H and O–H groups in total. The van der Waals surface area contributed by atoms with Crippen molar-refractivity contribution in [2.45, 2.75) is 26.1 Å². The van der Waals surface area contributed by atoms with Gasteiger partial charge in [0.1, 0.15) is 11.6 Å². The molecule has 210 valence electrons. The van der Waals surface area contributed by atoms with Gasteiger partial charge in [-0.1, -0.05) is 30.3 Å². The van der Waals surface area contributed by atoms with Crippen molar-refractivity contribution in [3.8, 4) is 28.3 Å². The van der Waals surface area contributed by atoms with E-state index in [1.54, 1.807) is 49.0 Å². The summed E-state index contributed by atoms with van der Waals surface area (Å²) in [4.78, 5) is 12.1. The lowest BCUT2D eigenvalue weighted by atomic mass is 10.0. The predicted octanol–water partition coefficient (Wildman–Crippen LogP) is 8.32. The fourth-order valence-electron chi connectivity index (χ4n) is 4.70. The number of carbonyl (C=O) groups is 1. The van der Waals surface area contributed by atoms with E-state index in [9.17, 15) is 22.4 Å². The molecule has 0 spiro atoms. The Hall–Kier alpha value is -4.66. The van der Waals surface area contributed by atoms with Gasteiger partial charge in [-0.3, -0.25) is 4.68 Å². The number of hydrogen-bond acceptors (Lipinski definition) is 4. The quantitative estimate of drug-likeness (QED) is 0.148. The van der Waals surface area contributed by atoms with Crippen molar-refractivity contribution < 1.29 is 31.8 Å². The zero-order valence-corrected chi connectivity index (χ0v) is 22.5. The molecule has 41 heavy (non-hydrogen) atoms. The van der Waals surface area contributed by atoms with Crippen molar-refractivity contribution in [3.05, 3.63) is 107 Å². The number of methoxy groups -OCH3 is 1. The first-order chi connectivity index (χ1) is 19.6. The van der Waals surface area contributed by atoms with Crippen LogP contribution in [0.5, 0.6) is 5.75 Å². The minimum Gasteiger partial charge on any atom is -0.497 e. The number of hydrogen-bond donors (Lipinski definition) is 0. The van der Waals surface area contributed by atoms with Crippen LogP contribution in [0.15, 0.2) is 84.9 Å². The molecule has 0 amide bonds. The van der Waals surface area contributed by atoms with Gasteiger partial charge in [0.2, 0.25) is 0 Å². The van der Waals surface area contributed by atoms with Gasteiger partial charge in [0.25, 0.3) is 0 Å². The fraction of sp³-hybridized carbons (Fsp3) is 0.188. The molecule has 4 aromatic carbocycles. The number of aromatic nitrogens is 2. The number of esters is 1. The Bertz CT molecular complexity index is 1730. The number of carbonyl (C=O) groups excluding carboxylic acids is 1. The summed E-state index contributed by atoms with van der Waals surface area (Å²) in [5.41, 5.74) is 1.33. The summed E-state index contributed by atoms with van der Waals surface area (Å²) in [5, 5.41) is 6.46. The number of rotatable bonds is 7. The topological polar surface area (TPSA) is 53.4 Å². The molecule has 0 unspecified atom stereocenters. The average molecular weight is 563 g/mol. The van der Waals surface area contributed by atoms with Gasteiger partial charge < -0.3 is 9.47 Å². The van der Waals surface area contributed by atoms with Gasteiger partial charge in [-0.25, -0.2) is 9.18 Å². The van der Waals surface area contributed by atoms with Crippen LogP contribution in [0, 0.1) is 5.82 Å². The smallest absolute Gasteiger partial charge is 0.416 e. The molecule has 0 radical (unpaired) electrons. The summed E-state index contributed by atoms with van der Waals surface area (Å²) in [5.74, 6) is -0.551. The van der Waals surface area contributed by atoms with Crippen molar-refractivity contribution in [1.29, 1.82) is 0 Å². The molecular formula is C32H26F4N2O3. The Morgan fingerprint density at radius 1 is 0.927 bits per heavy atom. The highest BCUT2D eigenvalue weighted by molar-refractivity contribution is 5.90. The van der Waals surface area contributed by atoms with E-state index < -0.39 is 29.6 Å². The van der Waals surface area contributed by atoms with Crippen molar-refractivity contribution in [1.82, 2.24) is 9.78 Å². The third-order valence-corrected chi connectivity index (χ3v) is 6.92. The lowest BCUT2D eigenvalue weighted by Gasteiger charge is -2.17. The van der Waals surface area contributed by atoms with Gasteiger partial charge in [-0.2, -0.15) is 18.3 Å². The molecule has 1 atom stereocenters. The molecule has 0 aliphatic heterocycles. The molecule has 0 aliphatic rings. The van der Waals surface area contributed by atoms with E-state index >= 15 is 0 Å². The van der Waals surface area contributed by atoms with Gasteiger partial charge in [0.15, 0.2) is 0 Å². The summed E-state index contributed by atoms with van der Waals surface area (Å²) in [6.45, 7) is 3.84. The van der Waals surface area contributed by atoms with Crippen LogP contribution < -0.4 is 4.74 Å². The highest BCUT2D eigenvalue weighted by atomic mass is 19.4. The van der Waals surface area contributed by atoms with Gasteiger partial charge in [0.05, 0.1) is 42.3 Å². The normalized spacial score (nSPS) is 12.4. The molecule has 5 nitrogen and oxygen atoms in total. The molecular weight excluding hydrogens is 536 g/mol. The minimum atomic E-state index is -4.64. The van der Waals surface area contributed by atoms with Crippen LogP contribution in [-0.2, 0) is 10.9 Å². The molecule has 0 saturated carbocycles. The van der Waals surface area contributed by atoms with Crippen molar-refractivity contribution >= 4 is 16.7 Å². The third kappa shape index (κ3) is 5.66. The van der Waals surface area contributed by atoms with Crippen molar-refractivity contribution in [2.24, 2.45) is 0 Å². The molecule has 5 aromatic rings. The minimum absolute atomic E-state index is 0.0634. The Balaban J connectivity index is 1.64. The largest absolute Gasteiger partial charge is 0.497 e. The highest BCUT2D eigenvalue weighted by Gasteiger charge is 2.32. The second kappa shape index (κ2) is 11.1. The van der Waals surface area contributed by atoms with E-state index in [2.05, 4.69) is 5.10 Å². The lowest BCUT2D eigenvalue weighted by Crippen LogP contribution is -2.11. The summed E-state index contributed by atoms with van der Waals surface area (Å²) in [6, 6.07) is 21.6. The van der Waals surface area contributed by atoms with Gasteiger partial charge >= 0.3 is 12.1 Å². The van der Waals surface area contributed by atoms with Crippen LogP contribution in [0.3, 0.4) is 0 Å². The molecule has 9 heteroatoms. The Morgan fingerprint density at radius 3 is 2.32 bits per heavy atom. The van der Waals surface area contributed by atoms with Crippen LogP contribution in [0.2, 0.25) is 0 Å². The first-order valence-corrected chi connectivity index (χ1v) is 12.9. The van der Waals surface area contributed by atoms with Crippen LogP contribution in [0.1, 0.15) is 41.4 Å². The maximum atomic E-state index is 14.9. The zero-order valence-electron chi connectivity index (χ0n) is 22.5. The molecule has 0 aliphatic carbocycles. The fourth-order valence-corrected chi connectivity index (χ4v) is 4.70. The van der Waals surface area contributed by atoms with E-state index in [0.29, 0.717) is 23.1 Å². The standard InChI is InChI=1S/C32H26F4N2O3/c1-4-41-31(39)21-7-5-20(6-8-21)19(2)38-30(24-10-9-23-16-26(40-3)13-11-22(23)15-24)18-29(37-38)27-17-25(32(34,35)36)12-14-28(27)33/h5-19H,4H2,1-3H3/t19-/m0/s1. The summed E-state index contributed by atoms with van der Waals surface area (Å²) in [6.07, 6.45) is -4.64. The van der Waals surface area contributed by atoms with Crippen LogP contribution >= 0.6 is 0 Å². The van der Waals surface area contributed by atoms with Gasteiger partial charge in [-0.05, 0) is 84.8 Å². The number of benzene rings is 4. The maximum absolute atomic E-state index is 14.9. The Labute approximate surface area is 233 Å².